The van der Waals surface area contributed by atoms with Crippen molar-refractivity contribution in [1.82, 2.24) is 0 Å². The highest BCUT2D eigenvalue weighted by molar-refractivity contribution is 6.87. The Hall–Kier alpha value is -0.409. The van der Waals surface area contributed by atoms with Gasteiger partial charge in [-0.15, -0.1) is 0 Å². The first-order chi connectivity index (χ1) is 15.4. The molecule has 0 spiro atoms. The van der Waals surface area contributed by atoms with Gasteiger partial charge in [0.15, 0.2) is 16.6 Å². The van der Waals surface area contributed by atoms with E-state index in [-0.39, 0.29) is 0 Å². The van der Waals surface area contributed by atoms with Crippen LogP contribution in [0.1, 0.15) is 76.2 Å². The van der Waals surface area contributed by atoms with Crippen LogP contribution in [0.15, 0.2) is 24.3 Å². The molecule has 1 fully saturated rings. The van der Waals surface area contributed by atoms with Crippen LogP contribution in [0.4, 0.5) is 0 Å². The van der Waals surface area contributed by atoms with Crippen LogP contribution in [0.2, 0.25) is 51.9 Å². The molecule has 1 aromatic carbocycles. The summed E-state index contributed by atoms with van der Waals surface area (Å²) in [6.07, 6.45) is 11.7. The fraction of sp³-hybridized carbons (Fsp3) is 0.778. The van der Waals surface area contributed by atoms with Crippen molar-refractivity contribution < 1.29 is 13.0 Å². The van der Waals surface area contributed by atoms with Gasteiger partial charge in [-0.1, -0.05) is 44.7 Å². The van der Waals surface area contributed by atoms with Gasteiger partial charge in [-0.05, 0) is 114 Å². The first-order valence-corrected chi connectivity index (χ1v) is 22.9. The maximum Gasteiger partial charge on any atom is 0.314 e. The van der Waals surface area contributed by atoms with Gasteiger partial charge in [-0.25, -0.2) is 0 Å². The Morgan fingerprint density at radius 3 is 1.85 bits per heavy atom. The van der Waals surface area contributed by atoms with Crippen LogP contribution in [0.25, 0.3) is 0 Å². The van der Waals surface area contributed by atoms with Crippen LogP contribution >= 0.6 is 0 Å². The molecule has 1 saturated carbocycles. The molecule has 0 aliphatic heterocycles. The lowest BCUT2D eigenvalue weighted by atomic mass is 9.77. The van der Waals surface area contributed by atoms with Gasteiger partial charge in [0.1, 0.15) is 5.75 Å². The van der Waals surface area contributed by atoms with Crippen molar-refractivity contribution >= 4 is 25.2 Å². The first kappa shape index (κ1) is 28.8. The zero-order valence-electron chi connectivity index (χ0n) is 23.0. The van der Waals surface area contributed by atoms with Gasteiger partial charge < -0.3 is 13.0 Å². The van der Waals surface area contributed by atoms with Gasteiger partial charge in [0.25, 0.3) is 0 Å². The molecule has 0 N–H and O–H groups in total. The third kappa shape index (κ3) is 11.7. The largest absolute Gasteiger partial charge is 0.494 e. The molecule has 1 aromatic rings. The van der Waals surface area contributed by atoms with Gasteiger partial charge in [-0.3, -0.25) is 0 Å². The standard InChI is InChI=1S/C27H52O3Si3/c1-9-13-24-14-16-25(17-15-24)26-18-20-27(21-19-26)28-22-11-10-12-23-33(8,29-31(2,3)4)30-32(5,6)7/h18-21,24-25H,9-17,22-23H2,1-8H3. The lowest BCUT2D eigenvalue weighted by Gasteiger charge is -2.38. The van der Waals surface area contributed by atoms with E-state index in [9.17, 15) is 0 Å². The molecule has 0 radical (unpaired) electrons. The normalized spacial score (nSPS) is 20.1. The Morgan fingerprint density at radius 1 is 0.758 bits per heavy atom. The van der Waals surface area contributed by atoms with Crippen molar-refractivity contribution in [1.29, 1.82) is 0 Å². The average molecular weight is 509 g/mol. The highest BCUT2D eigenvalue weighted by Crippen LogP contribution is 2.37. The fourth-order valence-electron chi connectivity index (χ4n) is 5.36. The number of benzene rings is 1. The Kier molecular flexibility index (Phi) is 11.4. The summed E-state index contributed by atoms with van der Waals surface area (Å²) in [4.78, 5) is 0. The molecule has 2 rings (SSSR count). The molecular weight excluding hydrogens is 457 g/mol. The third-order valence-corrected chi connectivity index (χ3v) is 16.1. The van der Waals surface area contributed by atoms with Gasteiger partial charge in [0.05, 0.1) is 6.61 Å². The molecule has 0 bridgehead atoms. The zero-order valence-corrected chi connectivity index (χ0v) is 26.0. The van der Waals surface area contributed by atoms with E-state index in [1.54, 1.807) is 0 Å². The summed E-state index contributed by atoms with van der Waals surface area (Å²) in [5, 5.41) is 0. The first-order valence-electron chi connectivity index (χ1n) is 13.5. The summed E-state index contributed by atoms with van der Waals surface area (Å²) in [5.41, 5.74) is 1.51. The second-order valence-corrected chi connectivity index (χ2v) is 25.1. The van der Waals surface area contributed by atoms with Crippen molar-refractivity contribution in [2.45, 2.75) is 123 Å². The molecule has 0 aromatic heterocycles. The van der Waals surface area contributed by atoms with E-state index in [2.05, 4.69) is 77.0 Å². The van der Waals surface area contributed by atoms with Crippen LogP contribution in [0, 0.1) is 5.92 Å². The van der Waals surface area contributed by atoms with Gasteiger partial charge in [0, 0.05) is 0 Å². The molecule has 0 heterocycles. The predicted octanol–water partition coefficient (Wildman–Crippen LogP) is 9.08. The molecule has 0 amide bonds. The smallest absolute Gasteiger partial charge is 0.314 e. The Bertz CT molecular complexity index is 655. The van der Waals surface area contributed by atoms with Crippen LogP contribution in [0.3, 0.4) is 0 Å². The summed E-state index contributed by atoms with van der Waals surface area (Å²) < 4.78 is 19.3. The minimum atomic E-state index is -2.09. The van der Waals surface area contributed by atoms with Crippen molar-refractivity contribution in [2.75, 3.05) is 6.61 Å². The minimum Gasteiger partial charge on any atom is -0.494 e. The molecule has 190 valence electrons. The minimum absolute atomic E-state index is 0.752. The fourth-order valence-corrected chi connectivity index (χ4v) is 18.0. The van der Waals surface area contributed by atoms with Crippen molar-refractivity contribution in [3.8, 4) is 5.75 Å². The highest BCUT2D eigenvalue weighted by Gasteiger charge is 2.39. The molecule has 1 aliphatic rings. The predicted molar refractivity (Wildman–Crippen MR) is 151 cm³/mol. The lowest BCUT2D eigenvalue weighted by Crippen LogP contribution is -2.52. The Labute approximate surface area is 208 Å². The van der Waals surface area contributed by atoms with Gasteiger partial charge in [0.2, 0.25) is 0 Å². The Balaban J connectivity index is 1.70. The summed E-state index contributed by atoms with van der Waals surface area (Å²) in [6, 6.07) is 10.1. The number of hydrogen-bond acceptors (Lipinski definition) is 3. The topological polar surface area (TPSA) is 27.7 Å². The van der Waals surface area contributed by atoms with Crippen LogP contribution in [0.5, 0.6) is 5.75 Å². The van der Waals surface area contributed by atoms with E-state index in [0.717, 1.165) is 36.7 Å². The van der Waals surface area contributed by atoms with Crippen LogP contribution in [-0.2, 0) is 8.23 Å². The summed E-state index contributed by atoms with van der Waals surface area (Å²) >= 11 is 0. The summed E-state index contributed by atoms with van der Waals surface area (Å²) in [5.74, 6) is 2.74. The van der Waals surface area contributed by atoms with E-state index >= 15 is 0 Å². The molecule has 6 heteroatoms. The second kappa shape index (κ2) is 13.1. The number of ether oxygens (including phenoxy) is 1. The van der Waals surface area contributed by atoms with Crippen molar-refractivity contribution in [3.05, 3.63) is 29.8 Å². The monoisotopic (exact) mass is 508 g/mol. The molecule has 1 aliphatic carbocycles. The Morgan fingerprint density at radius 2 is 1.33 bits per heavy atom. The van der Waals surface area contributed by atoms with E-state index in [4.69, 9.17) is 13.0 Å². The highest BCUT2D eigenvalue weighted by atomic mass is 28.5. The van der Waals surface area contributed by atoms with Crippen molar-refractivity contribution in [2.24, 2.45) is 5.92 Å². The molecule has 3 nitrogen and oxygen atoms in total. The van der Waals surface area contributed by atoms with E-state index in [0.29, 0.717) is 0 Å². The summed E-state index contributed by atoms with van der Waals surface area (Å²) in [7, 11) is -5.30. The van der Waals surface area contributed by atoms with Crippen molar-refractivity contribution in [3.63, 3.8) is 0 Å². The number of hydrogen-bond donors (Lipinski definition) is 0. The lowest BCUT2D eigenvalue weighted by molar-refractivity contribution is 0.302. The van der Waals surface area contributed by atoms with E-state index < -0.39 is 25.2 Å². The SMILES string of the molecule is CCCC1CCC(c2ccc(OCCCCC[Si](C)(O[Si](C)(C)C)O[Si](C)(C)C)cc2)CC1. The third-order valence-electron chi connectivity index (χ3n) is 6.48. The maximum absolute atomic E-state index is 6.62. The average Bonchev–Trinajstić information content (AvgIpc) is 2.69. The van der Waals surface area contributed by atoms with Gasteiger partial charge >= 0.3 is 8.56 Å². The van der Waals surface area contributed by atoms with Crippen LogP contribution < -0.4 is 4.74 Å². The summed E-state index contributed by atoms with van der Waals surface area (Å²) in [6.45, 7) is 19.1. The van der Waals surface area contributed by atoms with E-state index in [1.807, 2.05) is 0 Å². The van der Waals surface area contributed by atoms with Crippen LogP contribution in [-0.4, -0.2) is 31.8 Å². The van der Waals surface area contributed by atoms with E-state index in [1.165, 1.54) is 56.9 Å². The molecule has 0 unspecified atom stereocenters. The quantitative estimate of drug-likeness (QED) is 0.185. The molecule has 0 atom stereocenters. The maximum atomic E-state index is 6.62. The second-order valence-electron chi connectivity index (χ2n) is 12.3. The number of unbranched alkanes of at least 4 members (excludes halogenated alkanes) is 2. The van der Waals surface area contributed by atoms with Gasteiger partial charge in [-0.2, -0.15) is 0 Å². The molecule has 33 heavy (non-hydrogen) atoms. The zero-order chi connectivity index (χ0) is 24.5. The molecular formula is C27H52O3Si3. The molecule has 0 saturated heterocycles. The number of rotatable bonds is 14.